The van der Waals surface area contributed by atoms with Gasteiger partial charge in [0.1, 0.15) is 0 Å². The van der Waals surface area contributed by atoms with Crippen LogP contribution in [0.25, 0.3) is 0 Å². The molecule has 1 heterocycles. The van der Waals surface area contributed by atoms with Crippen molar-refractivity contribution in [1.82, 2.24) is 5.32 Å². The molecule has 1 aliphatic heterocycles. The Morgan fingerprint density at radius 1 is 1.12 bits per heavy atom. The third kappa shape index (κ3) is 6.25. The molecule has 0 fully saturated rings. The maximum absolute atomic E-state index is 12.5. The van der Waals surface area contributed by atoms with Crippen LogP contribution in [0, 0.1) is 0 Å². The molecule has 174 valence electrons. The molecule has 0 saturated carbocycles. The molecule has 0 aromatic heterocycles. The van der Waals surface area contributed by atoms with Gasteiger partial charge in [0.15, 0.2) is 17.6 Å². The average molecular weight is 464 g/mol. The number of anilines is 1. The van der Waals surface area contributed by atoms with Gasteiger partial charge in [0.05, 0.1) is 11.3 Å². The predicted molar refractivity (Wildman–Crippen MR) is 110 cm³/mol. The highest BCUT2D eigenvalue weighted by Gasteiger charge is 2.36. The molecule has 0 spiro atoms. The van der Waals surface area contributed by atoms with E-state index in [0.29, 0.717) is 17.6 Å². The molecule has 2 aromatic rings. The van der Waals surface area contributed by atoms with E-state index >= 15 is 0 Å². The van der Waals surface area contributed by atoms with E-state index in [-0.39, 0.29) is 24.6 Å². The molecule has 0 bridgehead atoms. The predicted octanol–water partition coefficient (Wildman–Crippen LogP) is 3.33. The molecule has 1 amide bonds. The highest BCUT2D eigenvalue weighted by molar-refractivity contribution is 5.98. The van der Waals surface area contributed by atoms with Gasteiger partial charge < -0.3 is 24.8 Å². The first-order valence-electron chi connectivity index (χ1n) is 9.65. The van der Waals surface area contributed by atoms with Crippen molar-refractivity contribution in [3.05, 3.63) is 65.9 Å². The smallest absolute Gasteiger partial charge is 0.454 e. The van der Waals surface area contributed by atoms with E-state index in [0.717, 1.165) is 11.8 Å². The number of carbonyl (C=O) groups excluding carboxylic acids is 3. The van der Waals surface area contributed by atoms with Gasteiger partial charge in [0.25, 0.3) is 11.7 Å². The molecule has 0 aliphatic carbocycles. The van der Waals surface area contributed by atoms with Crippen LogP contribution in [0.4, 0.5) is 18.9 Å². The Morgan fingerprint density at radius 3 is 2.61 bits per heavy atom. The Labute approximate surface area is 186 Å². The van der Waals surface area contributed by atoms with E-state index in [2.05, 4.69) is 10.6 Å². The summed E-state index contributed by atoms with van der Waals surface area (Å²) in [5.41, 5.74) is 0.819. The molecule has 0 saturated heterocycles. The van der Waals surface area contributed by atoms with E-state index in [4.69, 9.17) is 14.2 Å². The lowest BCUT2D eigenvalue weighted by Crippen LogP contribution is -2.35. The Hall–Kier alpha value is -4.02. The van der Waals surface area contributed by atoms with E-state index in [1.54, 1.807) is 18.2 Å². The van der Waals surface area contributed by atoms with Crippen molar-refractivity contribution in [3.8, 4) is 11.5 Å². The van der Waals surface area contributed by atoms with Crippen molar-refractivity contribution >= 4 is 23.3 Å². The number of benzene rings is 2. The molecule has 0 unspecified atom stereocenters. The number of hydrogen-bond acceptors (Lipinski definition) is 7. The number of halogens is 3. The molecule has 33 heavy (non-hydrogen) atoms. The van der Waals surface area contributed by atoms with Crippen LogP contribution < -0.4 is 20.1 Å². The topological polar surface area (TPSA) is 103 Å². The molecular formula is C22H19F3N2O6. The monoisotopic (exact) mass is 464 g/mol. The first-order valence-corrected chi connectivity index (χ1v) is 9.65. The zero-order valence-corrected chi connectivity index (χ0v) is 17.3. The number of allylic oxidation sites excluding steroid dienone is 1. The molecule has 2 N–H and O–H groups in total. The van der Waals surface area contributed by atoms with Crippen LogP contribution in [0.15, 0.2) is 54.7 Å². The van der Waals surface area contributed by atoms with Crippen LogP contribution in [-0.4, -0.2) is 36.7 Å². The summed E-state index contributed by atoms with van der Waals surface area (Å²) < 4.78 is 52.5. The number of rotatable bonds is 8. The van der Waals surface area contributed by atoms with Gasteiger partial charge >= 0.3 is 12.1 Å². The van der Waals surface area contributed by atoms with Crippen LogP contribution in [0.1, 0.15) is 22.8 Å². The lowest BCUT2D eigenvalue weighted by Gasteiger charge is -2.15. The van der Waals surface area contributed by atoms with Crippen LogP contribution in [0.5, 0.6) is 11.5 Å². The zero-order valence-electron chi connectivity index (χ0n) is 17.3. The zero-order chi connectivity index (χ0) is 24.0. The number of ether oxygens (including phenoxy) is 3. The highest BCUT2D eigenvalue weighted by atomic mass is 19.4. The normalized spacial score (nSPS) is 13.5. The molecule has 2 aromatic carbocycles. The van der Waals surface area contributed by atoms with E-state index in [1.165, 1.54) is 31.2 Å². The Kier molecular flexibility index (Phi) is 7.21. The number of alkyl halides is 3. The second kappa shape index (κ2) is 10.1. The van der Waals surface area contributed by atoms with Crippen LogP contribution in [0.2, 0.25) is 0 Å². The molecule has 3 rings (SSSR count). The lowest BCUT2D eigenvalue weighted by atomic mass is 10.1. The fraction of sp³-hybridized carbons (Fsp3) is 0.227. The van der Waals surface area contributed by atoms with Crippen molar-refractivity contribution in [1.29, 1.82) is 0 Å². The first kappa shape index (κ1) is 23.6. The number of para-hydroxylation sites is 1. The largest absolute Gasteiger partial charge is 0.454 e. The fourth-order valence-electron chi connectivity index (χ4n) is 2.75. The number of ketones is 1. The van der Waals surface area contributed by atoms with Gasteiger partial charge in [0, 0.05) is 18.8 Å². The number of hydrogen-bond donors (Lipinski definition) is 2. The molecule has 1 aliphatic rings. The number of carbonyl (C=O) groups is 3. The first-order chi connectivity index (χ1) is 15.6. The van der Waals surface area contributed by atoms with Gasteiger partial charge in [-0.25, -0.2) is 4.79 Å². The number of nitrogens with one attached hydrogen (secondary N) is 2. The summed E-state index contributed by atoms with van der Waals surface area (Å²) in [7, 11) is 0. The number of fused-ring (bicyclic) bond motifs is 1. The minimum atomic E-state index is -5.00. The summed E-state index contributed by atoms with van der Waals surface area (Å²) in [5.74, 6) is -2.31. The summed E-state index contributed by atoms with van der Waals surface area (Å²) in [4.78, 5) is 35.7. The third-order valence-corrected chi connectivity index (χ3v) is 4.46. The van der Waals surface area contributed by atoms with Gasteiger partial charge in [-0.15, -0.1) is 0 Å². The minimum Gasteiger partial charge on any atom is -0.454 e. The second-order valence-electron chi connectivity index (χ2n) is 6.84. The molecule has 8 nitrogen and oxygen atoms in total. The minimum absolute atomic E-state index is 0.0305. The Balaban J connectivity index is 1.56. The van der Waals surface area contributed by atoms with E-state index < -0.39 is 29.9 Å². The summed E-state index contributed by atoms with van der Waals surface area (Å²) in [6.07, 6.45) is -5.08. The molecule has 11 heteroatoms. The van der Waals surface area contributed by atoms with Gasteiger partial charge in [0.2, 0.25) is 6.79 Å². The van der Waals surface area contributed by atoms with E-state index in [1.807, 2.05) is 0 Å². The molecule has 1 atom stereocenters. The Morgan fingerprint density at radius 2 is 1.85 bits per heavy atom. The summed E-state index contributed by atoms with van der Waals surface area (Å²) >= 11 is 0. The van der Waals surface area contributed by atoms with E-state index in [9.17, 15) is 27.6 Å². The maximum Gasteiger partial charge on any atom is 0.454 e. The van der Waals surface area contributed by atoms with Crippen LogP contribution >= 0.6 is 0 Å². The number of esters is 1. The third-order valence-electron chi connectivity index (χ3n) is 4.46. The van der Waals surface area contributed by atoms with Crippen molar-refractivity contribution in [2.75, 3.05) is 12.1 Å². The van der Waals surface area contributed by atoms with Crippen molar-refractivity contribution in [3.63, 3.8) is 0 Å². The van der Waals surface area contributed by atoms with Crippen molar-refractivity contribution in [2.24, 2.45) is 0 Å². The summed E-state index contributed by atoms with van der Waals surface area (Å²) in [6, 6.07) is 11.0. The lowest BCUT2D eigenvalue weighted by molar-refractivity contribution is -0.165. The molecule has 0 radical (unpaired) electrons. The van der Waals surface area contributed by atoms with Crippen LogP contribution in [0.3, 0.4) is 0 Å². The average Bonchev–Trinajstić information content (AvgIpc) is 3.24. The van der Waals surface area contributed by atoms with Crippen molar-refractivity contribution < 1.29 is 41.8 Å². The standard InChI is InChI=1S/C22H19F3N2O6/c1-13(20(29)27-11-14-6-7-17-18(10-14)32-12-31-17)33-21(30)15-4-2-3-5-16(15)26-9-8-19(28)22(23,24)25/h2-10,13,26H,11-12H2,1H3,(H,27,29)/b9-8+/t13-/m0/s1. The van der Waals surface area contributed by atoms with Gasteiger partial charge in [-0.05, 0) is 36.8 Å². The number of amides is 1. The second-order valence-corrected chi connectivity index (χ2v) is 6.84. The SMILES string of the molecule is C[C@H](OC(=O)c1ccccc1N/C=C/C(=O)C(F)(F)F)C(=O)NCc1ccc2c(c1)OCO2. The van der Waals surface area contributed by atoms with Gasteiger partial charge in [-0.3, -0.25) is 9.59 Å². The molecular weight excluding hydrogens is 445 g/mol. The van der Waals surface area contributed by atoms with Crippen molar-refractivity contribution in [2.45, 2.75) is 25.7 Å². The maximum atomic E-state index is 12.5. The highest BCUT2D eigenvalue weighted by Crippen LogP contribution is 2.32. The summed E-state index contributed by atoms with van der Waals surface area (Å²) in [6.45, 7) is 1.67. The summed E-state index contributed by atoms with van der Waals surface area (Å²) in [5, 5.41) is 5.08. The van der Waals surface area contributed by atoms with Crippen LogP contribution in [-0.2, 0) is 20.9 Å². The fourth-order valence-corrected chi connectivity index (χ4v) is 2.75. The Bertz CT molecular complexity index is 1080. The van der Waals surface area contributed by atoms with Gasteiger partial charge in [-0.1, -0.05) is 18.2 Å². The quantitative estimate of drug-likeness (QED) is 0.456. The van der Waals surface area contributed by atoms with Gasteiger partial charge in [-0.2, -0.15) is 13.2 Å².